The zero-order chi connectivity index (χ0) is 26.6. The van der Waals surface area contributed by atoms with E-state index in [1.165, 1.54) is 34.7 Å². The van der Waals surface area contributed by atoms with Crippen molar-refractivity contribution in [3.05, 3.63) is 94.0 Å². The first kappa shape index (κ1) is 28.6. The first-order valence-corrected chi connectivity index (χ1v) is 13.4. The number of halogens is 2. The monoisotopic (exact) mass is 571 g/mol. The van der Waals surface area contributed by atoms with E-state index in [1.807, 2.05) is 35.4 Å². The number of unbranched alkanes of at least 4 members (excludes halogenated alkanes) is 1. The number of amides is 2. The molecule has 0 atom stereocenters. The molecule has 0 radical (unpaired) electrons. The van der Waals surface area contributed by atoms with Gasteiger partial charge >= 0.3 is 0 Å². The molecule has 0 bridgehead atoms. The van der Waals surface area contributed by atoms with Gasteiger partial charge in [-0.15, -0.1) is 0 Å². The summed E-state index contributed by atoms with van der Waals surface area (Å²) in [5.74, 6) is -0.813. The van der Waals surface area contributed by atoms with Gasteiger partial charge in [0.1, 0.15) is 12.4 Å². The molecule has 0 aliphatic carbocycles. The van der Waals surface area contributed by atoms with Gasteiger partial charge in [-0.25, -0.2) is 4.39 Å². The molecule has 6 nitrogen and oxygen atoms in total. The summed E-state index contributed by atoms with van der Waals surface area (Å²) in [6.45, 7) is 4.67. The van der Waals surface area contributed by atoms with Crippen molar-refractivity contribution in [1.82, 2.24) is 14.4 Å². The predicted octanol–water partition coefficient (Wildman–Crippen LogP) is 5.75. The van der Waals surface area contributed by atoms with E-state index in [0.717, 1.165) is 23.0 Å². The molecule has 0 aliphatic heterocycles. The van der Waals surface area contributed by atoms with Gasteiger partial charge in [-0.3, -0.25) is 9.59 Å². The van der Waals surface area contributed by atoms with Crippen LogP contribution in [0.5, 0.6) is 0 Å². The summed E-state index contributed by atoms with van der Waals surface area (Å²) in [5, 5.41) is 0. The Morgan fingerprint density at radius 3 is 2.35 bits per heavy atom. The minimum atomic E-state index is -0.407. The normalized spacial score (nSPS) is 10.9. The first-order valence-electron chi connectivity index (χ1n) is 12.6. The van der Waals surface area contributed by atoms with Gasteiger partial charge < -0.3 is 19.1 Å². The molecule has 0 spiro atoms. The van der Waals surface area contributed by atoms with Gasteiger partial charge in [0.05, 0.1) is 6.54 Å². The van der Waals surface area contributed by atoms with Gasteiger partial charge in [-0.05, 0) is 66.9 Å². The fourth-order valence-electron chi connectivity index (χ4n) is 4.06. The number of methoxy groups -OCH3 is 1. The Labute approximate surface area is 227 Å². The maximum absolute atomic E-state index is 13.5. The van der Waals surface area contributed by atoms with E-state index in [4.69, 9.17) is 4.74 Å². The SMILES string of the molecule is CCCCN(Cc1cccn1Cc1ccc(Br)cc1)C(=O)CN(CCCOC)C(=O)c1ccc(F)cc1. The highest BCUT2D eigenvalue weighted by Crippen LogP contribution is 2.15. The van der Waals surface area contributed by atoms with Crippen molar-refractivity contribution in [1.29, 1.82) is 0 Å². The Morgan fingerprint density at radius 1 is 0.973 bits per heavy atom. The summed E-state index contributed by atoms with van der Waals surface area (Å²) in [4.78, 5) is 30.1. The maximum Gasteiger partial charge on any atom is 0.254 e. The van der Waals surface area contributed by atoms with Crippen LogP contribution in [0.4, 0.5) is 4.39 Å². The molecule has 3 aromatic rings. The van der Waals surface area contributed by atoms with Gasteiger partial charge in [0.25, 0.3) is 5.91 Å². The fraction of sp³-hybridized carbons (Fsp3) is 0.379. The van der Waals surface area contributed by atoms with Crippen LogP contribution in [0.15, 0.2) is 71.3 Å². The lowest BCUT2D eigenvalue weighted by molar-refractivity contribution is -0.132. The summed E-state index contributed by atoms with van der Waals surface area (Å²) in [7, 11) is 1.60. The molecule has 3 rings (SSSR count). The van der Waals surface area contributed by atoms with E-state index in [9.17, 15) is 14.0 Å². The number of hydrogen-bond acceptors (Lipinski definition) is 3. The van der Waals surface area contributed by atoms with Crippen molar-refractivity contribution < 1.29 is 18.7 Å². The van der Waals surface area contributed by atoms with E-state index in [2.05, 4.69) is 39.6 Å². The number of ether oxygens (including phenoxy) is 1. The third kappa shape index (κ3) is 8.83. The summed E-state index contributed by atoms with van der Waals surface area (Å²) >= 11 is 3.48. The number of benzene rings is 2. The predicted molar refractivity (Wildman–Crippen MR) is 147 cm³/mol. The smallest absolute Gasteiger partial charge is 0.254 e. The number of aromatic nitrogens is 1. The van der Waals surface area contributed by atoms with Crippen LogP contribution in [-0.4, -0.2) is 59.5 Å². The van der Waals surface area contributed by atoms with Crippen molar-refractivity contribution in [2.75, 3.05) is 33.4 Å². The molecular formula is C29H35BrFN3O3. The number of rotatable bonds is 14. The Morgan fingerprint density at radius 2 is 1.68 bits per heavy atom. The maximum atomic E-state index is 13.5. The minimum absolute atomic E-state index is 0.0446. The average molecular weight is 573 g/mol. The summed E-state index contributed by atoms with van der Waals surface area (Å²) in [6.07, 6.45) is 4.45. The Kier molecular flexibility index (Phi) is 11.4. The Bertz CT molecular complexity index is 1130. The third-order valence-electron chi connectivity index (χ3n) is 6.16. The second kappa shape index (κ2) is 14.7. The van der Waals surface area contributed by atoms with Crippen LogP contribution in [0, 0.1) is 5.82 Å². The standard InChI is InChI=1S/C29H35BrFN3O3/c1-3-4-16-33(21-27-7-5-17-32(27)20-23-8-12-25(30)13-9-23)28(35)22-34(18-6-19-37-2)29(36)24-10-14-26(31)15-11-24/h5,7-15,17H,3-4,6,16,18-22H2,1-2H3. The molecule has 2 amide bonds. The first-order chi connectivity index (χ1) is 17.9. The van der Waals surface area contributed by atoms with E-state index in [1.54, 1.807) is 7.11 Å². The molecule has 198 valence electrons. The van der Waals surface area contributed by atoms with Gasteiger partial charge in [0.15, 0.2) is 0 Å². The van der Waals surface area contributed by atoms with Crippen molar-refractivity contribution in [3.63, 3.8) is 0 Å². The van der Waals surface area contributed by atoms with E-state index >= 15 is 0 Å². The third-order valence-corrected chi connectivity index (χ3v) is 6.69. The molecule has 2 aromatic carbocycles. The van der Waals surface area contributed by atoms with Crippen LogP contribution in [0.1, 0.15) is 47.8 Å². The molecule has 0 fully saturated rings. The summed E-state index contributed by atoms with van der Waals surface area (Å²) in [6, 6.07) is 17.6. The van der Waals surface area contributed by atoms with Gasteiger partial charge in [0.2, 0.25) is 5.91 Å². The second-order valence-electron chi connectivity index (χ2n) is 9.00. The number of carbonyl (C=O) groups is 2. The molecule has 0 saturated heterocycles. The summed E-state index contributed by atoms with van der Waals surface area (Å²) < 4.78 is 21.7. The fourth-order valence-corrected chi connectivity index (χ4v) is 4.33. The lowest BCUT2D eigenvalue weighted by atomic mass is 10.2. The van der Waals surface area contributed by atoms with Gasteiger partial charge in [-0.2, -0.15) is 0 Å². The highest BCUT2D eigenvalue weighted by atomic mass is 79.9. The molecule has 37 heavy (non-hydrogen) atoms. The molecule has 1 heterocycles. The number of hydrogen-bond donors (Lipinski definition) is 0. The molecule has 0 saturated carbocycles. The van der Waals surface area contributed by atoms with Crippen LogP contribution in [-0.2, 0) is 22.6 Å². The largest absolute Gasteiger partial charge is 0.385 e. The van der Waals surface area contributed by atoms with Crippen molar-refractivity contribution in [2.45, 2.75) is 39.3 Å². The Hall–Kier alpha value is -2.97. The molecule has 1 aromatic heterocycles. The van der Waals surface area contributed by atoms with Crippen LogP contribution in [0.2, 0.25) is 0 Å². The van der Waals surface area contributed by atoms with Crippen LogP contribution in [0.25, 0.3) is 0 Å². The molecular weight excluding hydrogens is 537 g/mol. The lowest BCUT2D eigenvalue weighted by Gasteiger charge is -2.28. The average Bonchev–Trinajstić information content (AvgIpc) is 3.33. The van der Waals surface area contributed by atoms with Crippen molar-refractivity contribution in [2.24, 2.45) is 0 Å². The van der Waals surface area contributed by atoms with Crippen molar-refractivity contribution >= 4 is 27.7 Å². The van der Waals surface area contributed by atoms with E-state index in [0.29, 0.717) is 44.8 Å². The highest BCUT2D eigenvalue weighted by molar-refractivity contribution is 9.10. The molecule has 0 unspecified atom stereocenters. The van der Waals surface area contributed by atoms with Crippen molar-refractivity contribution in [3.8, 4) is 0 Å². The minimum Gasteiger partial charge on any atom is -0.385 e. The Balaban J connectivity index is 1.75. The van der Waals surface area contributed by atoms with Gasteiger partial charge in [0, 0.05) is 55.3 Å². The number of carbonyl (C=O) groups excluding carboxylic acids is 2. The quantitative estimate of drug-likeness (QED) is 0.232. The molecule has 0 aliphatic rings. The van der Waals surface area contributed by atoms with Crippen LogP contribution < -0.4 is 0 Å². The van der Waals surface area contributed by atoms with E-state index in [-0.39, 0.29) is 18.4 Å². The zero-order valence-electron chi connectivity index (χ0n) is 21.5. The molecule has 8 heteroatoms. The van der Waals surface area contributed by atoms with Crippen LogP contribution in [0.3, 0.4) is 0 Å². The van der Waals surface area contributed by atoms with Gasteiger partial charge in [-0.1, -0.05) is 41.4 Å². The second-order valence-corrected chi connectivity index (χ2v) is 9.92. The number of nitrogens with zero attached hydrogens (tertiary/aromatic N) is 3. The van der Waals surface area contributed by atoms with Crippen LogP contribution >= 0.6 is 15.9 Å². The highest BCUT2D eigenvalue weighted by Gasteiger charge is 2.23. The topological polar surface area (TPSA) is 54.8 Å². The molecule has 0 N–H and O–H groups in total. The zero-order valence-corrected chi connectivity index (χ0v) is 23.1. The van der Waals surface area contributed by atoms with E-state index < -0.39 is 5.82 Å². The lowest BCUT2D eigenvalue weighted by Crippen LogP contribution is -2.43. The summed E-state index contributed by atoms with van der Waals surface area (Å²) in [5.41, 5.74) is 2.56.